The predicted molar refractivity (Wildman–Crippen MR) is 77.9 cm³/mol. The lowest BCUT2D eigenvalue weighted by Crippen LogP contribution is -2.52. The second kappa shape index (κ2) is 6.11. The van der Waals surface area contributed by atoms with E-state index in [0.717, 1.165) is 32.6 Å². The zero-order valence-electron chi connectivity index (χ0n) is 12.5. The molecule has 3 rings (SSSR count). The molecular weight excluding hydrogens is 270 g/mol. The van der Waals surface area contributed by atoms with E-state index in [1.807, 2.05) is 0 Å². The minimum absolute atomic E-state index is 0.0838. The van der Waals surface area contributed by atoms with Crippen LogP contribution in [0.1, 0.15) is 31.6 Å². The van der Waals surface area contributed by atoms with Gasteiger partial charge in [-0.3, -0.25) is 15.0 Å². The minimum Gasteiger partial charge on any atom is -0.408 e. The summed E-state index contributed by atoms with van der Waals surface area (Å²) in [6.45, 7) is 6.28. The Labute approximate surface area is 124 Å². The number of likely N-dealkylation sites (tertiary alicyclic amines) is 1. The quantitative estimate of drug-likeness (QED) is 0.857. The molecule has 3 heterocycles. The van der Waals surface area contributed by atoms with Gasteiger partial charge in [-0.05, 0) is 44.2 Å². The predicted octanol–water partition coefficient (Wildman–Crippen LogP) is 0.782. The van der Waals surface area contributed by atoms with Crippen LogP contribution >= 0.6 is 0 Å². The number of piperidine rings is 2. The van der Waals surface area contributed by atoms with Crippen LogP contribution in [-0.4, -0.2) is 53.7 Å². The molecule has 0 radical (unpaired) electrons. The average molecular weight is 293 g/mol. The molecule has 1 amide bonds. The molecule has 1 spiro atoms. The van der Waals surface area contributed by atoms with Gasteiger partial charge >= 0.3 is 6.01 Å². The number of hydrogen-bond donors (Lipinski definition) is 2. The van der Waals surface area contributed by atoms with Gasteiger partial charge in [0.2, 0.25) is 11.8 Å². The van der Waals surface area contributed by atoms with Gasteiger partial charge in [0.05, 0.1) is 6.54 Å². The molecule has 21 heavy (non-hydrogen) atoms. The van der Waals surface area contributed by atoms with Gasteiger partial charge in [-0.2, -0.15) is 0 Å². The summed E-state index contributed by atoms with van der Waals surface area (Å²) in [5.41, 5.74) is 0.359. The summed E-state index contributed by atoms with van der Waals surface area (Å²) in [7, 11) is 0. The van der Waals surface area contributed by atoms with E-state index in [0.29, 0.717) is 17.9 Å². The average Bonchev–Trinajstić information content (AvgIpc) is 2.85. The van der Waals surface area contributed by atoms with Gasteiger partial charge in [0.1, 0.15) is 0 Å². The molecule has 0 aliphatic carbocycles. The largest absolute Gasteiger partial charge is 0.408 e. The molecule has 2 aliphatic rings. The van der Waals surface area contributed by atoms with E-state index in [1.165, 1.54) is 19.3 Å². The standard InChI is InChI=1S/C14H23N5O2/c1-11-17-18-13(21-11)16-12(20)8-19-7-3-5-14(10-19)4-2-6-15-9-14/h15H,2-10H2,1H3,(H,16,18,20). The Hall–Kier alpha value is -1.47. The molecule has 0 saturated carbocycles. The van der Waals surface area contributed by atoms with E-state index in [4.69, 9.17) is 4.42 Å². The van der Waals surface area contributed by atoms with Crippen molar-refractivity contribution in [3.05, 3.63) is 5.89 Å². The lowest BCUT2D eigenvalue weighted by molar-refractivity contribution is -0.118. The second-order valence-corrected chi connectivity index (χ2v) is 6.27. The van der Waals surface area contributed by atoms with Crippen LogP contribution in [0.5, 0.6) is 0 Å². The highest BCUT2D eigenvalue weighted by atomic mass is 16.4. The van der Waals surface area contributed by atoms with Crippen LogP contribution in [0.3, 0.4) is 0 Å². The summed E-state index contributed by atoms with van der Waals surface area (Å²) in [4.78, 5) is 14.3. The molecule has 0 bridgehead atoms. The maximum atomic E-state index is 12.1. The molecule has 1 aromatic rings. The molecule has 1 atom stereocenters. The van der Waals surface area contributed by atoms with Gasteiger partial charge in [0.25, 0.3) is 0 Å². The maximum Gasteiger partial charge on any atom is 0.322 e. The summed E-state index contributed by atoms with van der Waals surface area (Å²) in [5.74, 6) is 0.370. The SMILES string of the molecule is Cc1nnc(NC(=O)CN2CCCC3(CCCNC3)C2)o1. The summed E-state index contributed by atoms with van der Waals surface area (Å²) < 4.78 is 5.17. The first kappa shape index (κ1) is 14.5. The lowest BCUT2D eigenvalue weighted by Gasteiger charge is -2.45. The topological polar surface area (TPSA) is 83.3 Å². The Bertz CT molecular complexity index is 490. The molecule has 7 nitrogen and oxygen atoms in total. The molecule has 2 N–H and O–H groups in total. The van der Waals surface area contributed by atoms with Crippen LogP contribution in [0, 0.1) is 12.3 Å². The summed E-state index contributed by atoms with van der Waals surface area (Å²) >= 11 is 0. The van der Waals surface area contributed by atoms with Crippen LogP contribution < -0.4 is 10.6 Å². The molecule has 2 saturated heterocycles. The van der Waals surface area contributed by atoms with Crippen molar-refractivity contribution in [2.45, 2.75) is 32.6 Å². The highest BCUT2D eigenvalue weighted by Crippen LogP contribution is 2.35. The first-order chi connectivity index (χ1) is 10.2. The van der Waals surface area contributed by atoms with Crippen LogP contribution in [0.2, 0.25) is 0 Å². The minimum atomic E-state index is -0.0838. The first-order valence-corrected chi connectivity index (χ1v) is 7.68. The van der Waals surface area contributed by atoms with Crippen molar-refractivity contribution >= 4 is 11.9 Å². The molecular formula is C14H23N5O2. The Morgan fingerprint density at radius 2 is 2.29 bits per heavy atom. The summed E-state index contributed by atoms with van der Waals surface area (Å²) in [6.07, 6.45) is 4.93. The van der Waals surface area contributed by atoms with Crippen LogP contribution in [0.15, 0.2) is 4.42 Å². The number of rotatable bonds is 3. The lowest BCUT2D eigenvalue weighted by atomic mass is 9.74. The molecule has 0 aromatic carbocycles. The second-order valence-electron chi connectivity index (χ2n) is 6.27. The first-order valence-electron chi connectivity index (χ1n) is 7.68. The van der Waals surface area contributed by atoms with Crippen molar-refractivity contribution in [1.29, 1.82) is 0 Å². The van der Waals surface area contributed by atoms with E-state index in [9.17, 15) is 4.79 Å². The number of hydrogen-bond acceptors (Lipinski definition) is 6. The Balaban J connectivity index is 1.53. The number of aromatic nitrogens is 2. The Morgan fingerprint density at radius 3 is 3.00 bits per heavy atom. The third-order valence-electron chi connectivity index (χ3n) is 4.44. The van der Waals surface area contributed by atoms with Crippen molar-refractivity contribution in [3.63, 3.8) is 0 Å². The van der Waals surface area contributed by atoms with Gasteiger partial charge in [-0.15, -0.1) is 5.10 Å². The van der Waals surface area contributed by atoms with Crippen LogP contribution in [-0.2, 0) is 4.79 Å². The van der Waals surface area contributed by atoms with Gasteiger partial charge < -0.3 is 9.73 Å². The third-order valence-corrected chi connectivity index (χ3v) is 4.44. The van der Waals surface area contributed by atoms with Gasteiger partial charge in [-0.25, -0.2) is 0 Å². The van der Waals surface area contributed by atoms with Gasteiger partial charge in [0.15, 0.2) is 0 Å². The fourth-order valence-electron chi connectivity index (χ4n) is 3.53. The highest BCUT2D eigenvalue weighted by Gasteiger charge is 2.36. The molecule has 1 unspecified atom stereocenters. The van der Waals surface area contributed by atoms with Crippen LogP contribution in [0.25, 0.3) is 0 Å². The van der Waals surface area contributed by atoms with E-state index >= 15 is 0 Å². The summed E-state index contributed by atoms with van der Waals surface area (Å²) in [5, 5.41) is 13.7. The maximum absolute atomic E-state index is 12.1. The number of nitrogens with zero attached hydrogens (tertiary/aromatic N) is 3. The monoisotopic (exact) mass is 293 g/mol. The molecule has 1 aromatic heterocycles. The van der Waals surface area contributed by atoms with E-state index < -0.39 is 0 Å². The molecule has 7 heteroatoms. The smallest absolute Gasteiger partial charge is 0.322 e. The van der Waals surface area contributed by atoms with Gasteiger partial charge in [0, 0.05) is 20.0 Å². The zero-order valence-corrected chi connectivity index (χ0v) is 12.5. The van der Waals surface area contributed by atoms with Gasteiger partial charge in [-0.1, -0.05) is 5.10 Å². The number of aryl methyl sites for hydroxylation is 1. The van der Waals surface area contributed by atoms with E-state index in [1.54, 1.807) is 6.92 Å². The van der Waals surface area contributed by atoms with Crippen molar-refractivity contribution in [1.82, 2.24) is 20.4 Å². The van der Waals surface area contributed by atoms with Crippen molar-refractivity contribution in [3.8, 4) is 0 Å². The van der Waals surface area contributed by atoms with E-state index in [2.05, 4.69) is 25.7 Å². The highest BCUT2D eigenvalue weighted by molar-refractivity contribution is 5.90. The third kappa shape index (κ3) is 3.59. The Morgan fingerprint density at radius 1 is 1.43 bits per heavy atom. The summed E-state index contributed by atoms with van der Waals surface area (Å²) in [6, 6.07) is 0.184. The zero-order chi connectivity index (χ0) is 14.7. The fraction of sp³-hybridized carbons (Fsp3) is 0.786. The molecule has 2 fully saturated rings. The molecule has 116 valence electrons. The normalized spacial score (nSPS) is 26.9. The van der Waals surface area contributed by atoms with Crippen molar-refractivity contribution < 1.29 is 9.21 Å². The number of carbonyl (C=O) groups is 1. The van der Waals surface area contributed by atoms with E-state index in [-0.39, 0.29) is 11.9 Å². The fourth-order valence-corrected chi connectivity index (χ4v) is 3.53. The number of amides is 1. The number of carbonyl (C=O) groups excluding carboxylic acids is 1. The van der Waals surface area contributed by atoms with Crippen LogP contribution in [0.4, 0.5) is 6.01 Å². The van der Waals surface area contributed by atoms with Crippen molar-refractivity contribution in [2.24, 2.45) is 5.41 Å². The molecule has 2 aliphatic heterocycles. The number of anilines is 1. The number of nitrogens with one attached hydrogen (secondary N) is 2. The van der Waals surface area contributed by atoms with Crippen molar-refractivity contribution in [2.75, 3.05) is 38.0 Å². The Kier molecular flexibility index (Phi) is 4.21.